The van der Waals surface area contributed by atoms with Crippen LogP contribution in [0.3, 0.4) is 0 Å². The maximum atomic E-state index is 13.6. The van der Waals surface area contributed by atoms with Crippen LogP contribution in [-0.4, -0.2) is 18.4 Å². The number of hydrogen-bond donors (Lipinski definition) is 1. The van der Waals surface area contributed by atoms with Gasteiger partial charge in [0.1, 0.15) is 11.4 Å². The molecule has 3 aromatic carbocycles. The molecule has 0 atom stereocenters. The second kappa shape index (κ2) is 8.71. The van der Waals surface area contributed by atoms with E-state index in [0.29, 0.717) is 23.6 Å². The van der Waals surface area contributed by atoms with E-state index in [1.807, 2.05) is 70.2 Å². The first-order valence-corrected chi connectivity index (χ1v) is 10.7. The molecule has 0 fully saturated rings. The first-order chi connectivity index (χ1) is 15.4. The third kappa shape index (κ3) is 3.89. The highest BCUT2D eigenvalue weighted by Crippen LogP contribution is 2.35. The highest BCUT2D eigenvalue weighted by molar-refractivity contribution is 6.46. The van der Waals surface area contributed by atoms with Crippen LogP contribution in [0.5, 0.6) is 5.75 Å². The van der Waals surface area contributed by atoms with Crippen molar-refractivity contribution in [3.8, 4) is 5.75 Å². The van der Waals surface area contributed by atoms with E-state index >= 15 is 0 Å². The molecule has 3 aromatic rings. The molecule has 0 radical (unpaired) electrons. The van der Waals surface area contributed by atoms with E-state index in [0.717, 1.165) is 27.9 Å². The van der Waals surface area contributed by atoms with Gasteiger partial charge in [-0.2, -0.15) is 0 Å². The van der Waals surface area contributed by atoms with Gasteiger partial charge in [0.05, 0.1) is 17.9 Å². The number of para-hydroxylation sites is 1. The van der Waals surface area contributed by atoms with E-state index < -0.39 is 0 Å². The van der Waals surface area contributed by atoms with Gasteiger partial charge in [-0.15, -0.1) is 0 Å². The van der Waals surface area contributed by atoms with Gasteiger partial charge in [-0.3, -0.25) is 9.59 Å². The van der Waals surface area contributed by atoms with Crippen LogP contribution in [0.2, 0.25) is 0 Å². The molecule has 4 rings (SSSR count). The van der Waals surface area contributed by atoms with Crippen molar-refractivity contribution in [1.82, 2.24) is 0 Å². The highest BCUT2D eigenvalue weighted by Gasteiger charge is 2.40. The van der Waals surface area contributed by atoms with Crippen LogP contribution in [0.15, 0.2) is 72.4 Å². The number of amides is 2. The summed E-state index contributed by atoms with van der Waals surface area (Å²) in [6, 6.07) is 20.5. The molecule has 2 amide bonds. The number of benzene rings is 3. The van der Waals surface area contributed by atoms with E-state index in [9.17, 15) is 9.59 Å². The highest BCUT2D eigenvalue weighted by atomic mass is 16.5. The third-order valence-electron chi connectivity index (χ3n) is 5.69. The minimum atomic E-state index is -0.379. The summed E-state index contributed by atoms with van der Waals surface area (Å²) in [6.07, 6.45) is 0. The summed E-state index contributed by atoms with van der Waals surface area (Å²) in [5, 5.41) is 3.25. The number of anilines is 2. The topological polar surface area (TPSA) is 58.6 Å². The predicted octanol–water partition coefficient (Wildman–Crippen LogP) is 5.41. The van der Waals surface area contributed by atoms with Gasteiger partial charge in [-0.05, 0) is 80.3 Å². The molecule has 0 aliphatic carbocycles. The molecule has 0 spiro atoms. The van der Waals surface area contributed by atoms with Crippen molar-refractivity contribution in [2.75, 3.05) is 16.8 Å². The van der Waals surface area contributed by atoms with Crippen LogP contribution >= 0.6 is 0 Å². The molecule has 1 N–H and O–H groups in total. The van der Waals surface area contributed by atoms with Crippen LogP contribution in [0, 0.1) is 20.8 Å². The molecule has 5 nitrogen and oxygen atoms in total. The number of nitrogens with one attached hydrogen (secondary N) is 1. The molecule has 1 aliphatic rings. The minimum Gasteiger partial charge on any atom is -0.494 e. The molecular weight excluding hydrogens is 400 g/mol. The monoisotopic (exact) mass is 426 g/mol. The van der Waals surface area contributed by atoms with Crippen LogP contribution in [-0.2, 0) is 9.59 Å². The maximum absolute atomic E-state index is 13.6. The quantitative estimate of drug-likeness (QED) is 0.536. The summed E-state index contributed by atoms with van der Waals surface area (Å²) >= 11 is 0. The number of ether oxygens (including phenoxy) is 1. The number of hydrogen-bond acceptors (Lipinski definition) is 4. The fraction of sp³-hybridized carbons (Fsp3) is 0.185. The van der Waals surface area contributed by atoms with E-state index in [2.05, 4.69) is 5.32 Å². The molecule has 0 bridgehead atoms. The van der Waals surface area contributed by atoms with Gasteiger partial charge in [-0.1, -0.05) is 36.4 Å². The molecule has 0 saturated heterocycles. The summed E-state index contributed by atoms with van der Waals surface area (Å²) in [5.41, 5.74) is 5.84. The Morgan fingerprint density at radius 3 is 2.19 bits per heavy atom. The van der Waals surface area contributed by atoms with Crippen LogP contribution in [0.4, 0.5) is 11.4 Å². The van der Waals surface area contributed by atoms with Crippen LogP contribution < -0.4 is 15.0 Å². The van der Waals surface area contributed by atoms with E-state index in [1.54, 1.807) is 24.3 Å². The minimum absolute atomic E-state index is 0.279. The molecule has 32 heavy (non-hydrogen) atoms. The molecule has 1 heterocycles. The predicted molar refractivity (Wildman–Crippen MR) is 128 cm³/mol. The zero-order valence-electron chi connectivity index (χ0n) is 18.7. The largest absolute Gasteiger partial charge is 0.494 e. The van der Waals surface area contributed by atoms with Crippen molar-refractivity contribution in [2.24, 2.45) is 0 Å². The molecular formula is C27H26N2O3. The van der Waals surface area contributed by atoms with Crippen molar-refractivity contribution < 1.29 is 14.3 Å². The lowest BCUT2D eigenvalue weighted by molar-refractivity contribution is -0.120. The third-order valence-corrected chi connectivity index (χ3v) is 5.69. The molecule has 1 aliphatic heterocycles. The van der Waals surface area contributed by atoms with Crippen molar-refractivity contribution in [3.63, 3.8) is 0 Å². The van der Waals surface area contributed by atoms with E-state index in [-0.39, 0.29) is 17.5 Å². The first-order valence-electron chi connectivity index (χ1n) is 10.7. The maximum Gasteiger partial charge on any atom is 0.282 e. The molecule has 0 aromatic heterocycles. The Hall–Kier alpha value is -3.86. The van der Waals surface area contributed by atoms with Gasteiger partial charge < -0.3 is 10.1 Å². The first kappa shape index (κ1) is 21.4. The fourth-order valence-corrected chi connectivity index (χ4v) is 3.75. The van der Waals surface area contributed by atoms with E-state index in [4.69, 9.17) is 4.74 Å². The summed E-state index contributed by atoms with van der Waals surface area (Å²) in [7, 11) is 0. The summed E-state index contributed by atoms with van der Waals surface area (Å²) < 4.78 is 5.49. The molecule has 5 heteroatoms. The molecule has 162 valence electrons. The number of imide groups is 1. The van der Waals surface area contributed by atoms with Crippen LogP contribution in [0.1, 0.15) is 29.2 Å². The number of carbonyl (C=O) groups is 2. The molecule has 0 saturated carbocycles. The number of nitrogens with zero attached hydrogens (tertiary/aromatic N) is 1. The average molecular weight is 427 g/mol. The summed E-state index contributed by atoms with van der Waals surface area (Å²) in [4.78, 5) is 28.3. The number of rotatable bonds is 6. The SMILES string of the molecule is CCOc1ccc(N2C(=O)C(Nc3ccccc3C)=C(c3ccc(C)c(C)c3)C2=O)cc1. The van der Waals surface area contributed by atoms with Gasteiger partial charge in [0.25, 0.3) is 11.8 Å². The normalized spacial score (nSPS) is 13.7. The number of carbonyl (C=O) groups excluding carboxylic acids is 2. The zero-order chi connectivity index (χ0) is 22.8. The van der Waals surface area contributed by atoms with Gasteiger partial charge in [-0.25, -0.2) is 4.90 Å². The lowest BCUT2D eigenvalue weighted by atomic mass is 9.99. The smallest absolute Gasteiger partial charge is 0.282 e. The standard InChI is InChI=1S/C27H26N2O3/c1-5-32-22-14-12-21(13-15-22)29-26(30)24(20-11-10-17(2)19(4)16-20)25(27(29)31)28-23-9-7-6-8-18(23)3/h6-16,28H,5H2,1-4H3. The van der Waals surface area contributed by atoms with Gasteiger partial charge >= 0.3 is 0 Å². The van der Waals surface area contributed by atoms with Crippen molar-refractivity contribution in [3.05, 3.63) is 94.7 Å². The lowest BCUT2D eigenvalue weighted by Gasteiger charge is -2.16. The van der Waals surface area contributed by atoms with Crippen molar-refractivity contribution in [1.29, 1.82) is 0 Å². The Kier molecular flexibility index (Phi) is 5.82. The average Bonchev–Trinajstić information content (AvgIpc) is 3.02. The fourth-order valence-electron chi connectivity index (χ4n) is 3.75. The summed E-state index contributed by atoms with van der Waals surface area (Å²) in [6.45, 7) is 8.44. The van der Waals surface area contributed by atoms with Gasteiger partial charge in [0.2, 0.25) is 0 Å². The van der Waals surface area contributed by atoms with Gasteiger partial charge in [0.15, 0.2) is 0 Å². The second-order valence-electron chi connectivity index (χ2n) is 7.86. The van der Waals surface area contributed by atoms with Crippen LogP contribution in [0.25, 0.3) is 5.57 Å². The number of aryl methyl sites for hydroxylation is 3. The van der Waals surface area contributed by atoms with Crippen molar-refractivity contribution >= 4 is 28.8 Å². The Bertz CT molecular complexity index is 1230. The van der Waals surface area contributed by atoms with Gasteiger partial charge in [0, 0.05) is 5.69 Å². The lowest BCUT2D eigenvalue weighted by Crippen LogP contribution is -2.32. The Morgan fingerprint density at radius 2 is 1.53 bits per heavy atom. The second-order valence-corrected chi connectivity index (χ2v) is 7.86. The Labute approximate surface area is 188 Å². The summed E-state index contributed by atoms with van der Waals surface area (Å²) in [5.74, 6) is -0.0370. The van der Waals surface area contributed by atoms with E-state index in [1.165, 1.54) is 4.90 Å². The van der Waals surface area contributed by atoms with Crippen molar-refractivity contribution in [2.45, 2.75) is 27.7 Å². The Balaban J connectivity index is 1.80. The Morgan fingerprint density at radius 1 is 0.812 bits per heavy atom. The zero-order valence-corrected chi connectivity index (χ0v) is 18.7. The molecule has 0 unspecified atom stereocenters.